The van der Waals surface area contributed by atoms with E-state index in [4.69, 9.17) is 0 Å². The van der Waals surface area contributed by atoms with Crippen LogP contribution in [0.5, 0.6) is 0 Å². The molecule has 2 aromatic carbocycles. The van der Waals surface area contributed by atoms with Gasteiger partial charge in [-0.05, 0) is 87.9 Å². The third-order valence-electron chi connectivity index (χ3n) is 6.46. The summed E-state index contributed by atoms with van der Waals surface area (Å²) in [6, 6.07) is 6.45. The molecular weight excluding hydrogens is 368 g/mol. The van der Waals surface area contributed by atoms with Gasteiger partial charge in [-0.25, -0.2) is 8.42 Å². The summed E-state index contributed by atoms with van der Waals surface area (Å²) in [7, 11) is -3.50. The van der Waals surface area contributed by atoms with Gasteiger partial charge in [-0.1, -0.05) is 17.7 Å². The maximum Gasteiger partial charge on any atom is 0.243 e. The maximum atomic E-state index is 13.5. The second-order valence-corrected chi connectivity index (χ2v) is 10.0. The third-order valence-corrected chi connectivity index (χ3v) is 8.63. The summed E-state index contributed by atoms with van der Waals surface area (Å²) in [5, 5.41) is 0. The molecule has 1 aliphatic rings. The molecule has 0 aromatic heterocycles. The fourth-order valence-corrected chi connectivity index (χ4v) is 6.29. The highest BCUT2D eigenvalue weighted by molar-refractivity contribution is 7.89. The Bertz CT molecular complexity index is 988. The van der Waals surface area contributed by atoms with Gasteiger partial charge in [-0.15, -0.1) is 0 Å². The number of hydrogen-bond donors (Lipinski definition) is 0. The Morgan fingerprint density at radius 3 is 1.71 bits per heavy atom. The third kappa shape index (κ3) is 3.46. The summed E-state index contributed by atoms with van der Waals surface area (Å²) in [6.45, 7) is 16.7. The first kappa shape index (κ1) is 20.9. The lowest BCUT2D eigenvalue weighted by Crippen LogP contribution is -2.49. The van der Waals surface area contributed by atoms with Crippen LogP contribution in [-0.2, 0) is 10.0 Å². The van der Waals surface area contributed by atoms with E-state index in [1.54, 1.807) is 4.31 Å². The number of piperazine rings is 1. The Morgan fingerprint density at radius 1 is 0.714 bits per heavy atom. The van der Waals surface area contributed by atoms with Crippen molar-refractivity contribution in [3.63, 3.8) is 0 Å². The summed E-state index contributed by atoms with van der Waals surface area (Å²) >= 11 is 0. The molecule has 0 bridgehead atoms. The first-order valence-corrected chi connectivity index (χ1v) is 11.4. The van der Waals surface area contributed by atoms with Crippen LogP contribution in [-0.4, -0.2) is 38.9 Å². The van der Waals surface area contributed by atoms with E-state index >= 15 is 0 Å². The van der Waals surface area contributed by atoms with Crippen molar-refractivity contribution in [1.82, 2.24) is 4.31 Å². The van der Waals surface area contributed by atoms with Gasteiger partial charge in [0.2, 0.25) is 10.0 Å². The number of nitrogens with zero attached hydrogens (tertiary/aromatic N) is 2. The van der Waals surface area contributed by atoms with E-state index in [1.807, 2.05) is 27.7 Å². The van der Waals surface area contributed by atoms with E-state index in [2.05, 4.69) is 43.9 Å². The molecule has 1 saturated heterocycles. The molecule has 1 aliphatic heterocycles. The van der Waals surface area contributed by atoms with Gasteiger partial charge in [-0.3, -0.25) is 0 Å². The molecule has 28 heavy (non-hydrogen) atoms. The summed E-state index contributed by atoms with van der Waals surface area (Å²) in [5.41, 5.74) is 8.82. The molecule has 3 rings (SSSR count). The molecule has 0 amide bonds. The predicted molar refractivity (Wildman–Crippen MR) is 117 cm³/mol. The Labute approximate surface area is 170 Å². The molecule has 0 saturated carbocycles. The molecule has 0 unspecified atom stereocenters. The molecule has 4 nitrogen and oxygen atoms in total. The van der Waals surface area contributed by atoms with Gasteiger partial charge in [0, 0.05) is 31.9 Å². The predicted octanol–water partition coefficient (Wildman–Crippen LogP) is 4.36. The highest BCUT2D eigenvalue weighted by Gasteiger charge is 2.32. The van der Waals surface area contributed by atoms with Crippen molar-refractivity contribution < 1.29 is 8.42 Å². The van der Waals surface area contributed by atoms with Gasteiger partial charge in [0.1, 0.15) is 0 Å². The lowest BCUT2D eigenvalue weighted by atomic mass is 9.95. The van der Waals surface area contributed by atoms with Gasteiger partial charge >= 0.3 is 0 Å². The minimum atomic E-state index is -3.50. The number of anilines is 1. The number of aryl methyl sites for hydroxylation is 2. The van der Waals surface area contributed by atoms with E-state index in [0.29, 0.717) is 31.1 Å². The molecule has 0 N–H and O–H groups in total. The Kier molecular flexibility index (Phi) is 5.61. The largest absolute Gasteiger partial charge is 0.369 e. The Balaban J connectivity index is 1.88. The molecule has 0 spiro atoms. The average Bonchev–Trinajstić information content (AvgIpc) is 2.65. The molecule has 0 aliphatic carbocycles. The fraction of sp³-hybridized carbons (Fsp3) is 0.478. The van der Waals surface area contributed by atoms with Crippen LogP contribution in [0.3, 0.4) is 0 Å². The molecular formula is C23H32N2O2S. The quantitative estimate of drug-likeness (QED) is 0.769. The Hall–Kier alpha value is -1.85. The summed E-state index contributed by atoms with van der Waals surface area (Å²) in [6.07, 6.45) is 0. The SMILES string of the molecule is Cc1ccc(N2CCN(S(=O)(=O)c3c(C)c(C)c(C)c(C)c3C)CC2)c(C)c1. The van der Waals surface area contributed by atoms with Crippen LogP contribution in [0, 0.1) is 48.5 Å². The lowest BCUT2D eigenvalue weighted by Gasteiger charge is -2.37. The highest BCUT2D eigenvalue weighted by atomic mass is 32.2. The minimum Gasteiger partial charge on any atom is -0.369 e. The highest BCUT2D eigenvalue weighted by Crippen LogP contribution is 2.32. The van der Waals surface area contributed by atoms with Gasteiger partial charge in [0.25, 0.3) is 0 Å². The van der Waals surface area contributed by atoms with Crippen molar-refractivity contribution in [3.8, 4) is 0 Å². The first-order chi connectivity index (χ1) is 13.1. The molecule has 2 aromatic rings. The van der Waals surface area contributed by atoms with Crippen LogP contribution < -0.4 is 4.90 Å². The van der Waals surface area contributed by atoms with E-state index in [0.717, 1.165) is 22.3 Å². The van der Waals surface area contributed by atoms with Crippen molar-refractivity contribution in [1.29, 1.82) is 0 Å². The van der Waals surface area contributed by atoms with Crippen molar-refractivity contribution in [2.24, 2.45) is 0 Å². The zero-order chi connectivity index (χ0) is 20.8. The van der Waals surface area contributed by atoms with E-state index < -0.39 is 10.0 Å². The second kappa shape index (κ2) is 7.53. The number of rotatable bonds is 3. The molecule has 0 atom stereocenters. The monoisotopic (exact) mass is 400 g/mol. The number of benzene rings is 2. The van der Waals surface area contributed by atoms with E-state index in [9.17, 15) is 8.42 Å². The summed E-state index contributed by atoms with van der Waals surface area (Å²) < 4.78 is 28.7. The van der Waals surface area contributed by atoms with Crippen LogP contribution in [0.4, 0.5) is 5.69 Å². The number of hydrogen-bond acceptors (Lipinski definition) is 3. The lowest BCUT2D eigenvalue weighted by molar-refractivity contribution is 0.384. The Morgan fingerprint density at radius 2 is 1.21 bits per heavy atom. The number of sulfonamides is 1. The van der Waals surface area contributed by atoms with Crippen LogP contribution in [0.25, 0.3) is 0 Å². The van der Waals surface area contributed by atoms with Crippen molar-refractivity contribution >= 4 is 15.7 Å². The zero-order valence-electron chi connectivity index (χ0n) is 18.2. The topological polar surface area (TPSA) is 40.6 Å². The minimum absolute atomic E-state index is 0.507. The average molecular weight is 401 g/mol. The normalized spacial score (nSPS) is 15.9. The molecule has 0 radical (unpaired) electrons. The van der Waals surface area contributed by atoms with Crippen molar-refractivity contribution in [3.05, 3.63) is 57.1 Å². The van der Waals surface area contributed by atoms with E-state index in [1.165, 1.54) is 22.4 Å². The van der Waals surface area contributed by atoms with Gasteiger partial charge in [0.05, 0.1) is 4.90 Å². The summed E-state index contributed by atoms with van der Waals surface area (Å²) in [5.74, 6) is 0. The van der Waals surface area contributed by atoms with Crippen LogP contribution in [0.2, 0.25) is 0 Å². The van der Waals surface area contributed by atoms with Crippen molar-refractivity contribution in [2.75, 3.05) is 31.1 Å². The van der Waals surface area contributed by atoms with Crippen LogP contribution >= 0.6 is 0 Å². The van der Waals surface area contributed by atoms with Crippen molar-refractivity contribution in [2.45, 2.75) is 53.4 Å². The van der Waals surface area contributed by atoms with Gasteiger partial charge in [-0.2, -0.15) is 4.31 Å². The molecule has 152 valence electrons. The van der Waals surface area contributed by atoms with Crippen LogP contribution in [0.15, 0.2) is 23.1 Å². The molecule has 1 heterocycles. The molecule has 1 fully saturated rings. The molecule has 5 heteroatoms. The van der Waals surface area contributed by atoms with E-state index in [-0.39, 0.29) is 0 Å². The van der Waals surface area contributed by atoms with Gasteiger partial charge in [0.15, 0.2) is 0 Å². The maximum absolute atomic E-state index is 13.5. The van der Waals surface area contributed by atoms with Crippen LogP contribution in [0.1, 0.15) is 38.9 Å². The fourth-order valence-electron chi connectivity index (χ4n) is 4.31. The second-order valence-electron chi connectivity index (χ2n) is 8.14. The first-order valence-electron chi connectivity index (χ1n) is 9.95. The smallest absolute Gasteiger partial charge is 0.243 e. The van der Waals surface area contributed by atoms with Gasteiger partial charge < -0.3 is 4.90 Å². The zero-order valence-corrected chi connectivity index (χ0v) is 19.0. The standard InChI is InChI=1S/C23H32N2O2S/c1-15-8-9-22(16(2)14-15)24-10-12-25(13-11-24)28(26,27)23-20(6)18(4)17(3)19(5)21(23)7/h8-9,14H,10-13H2,1-7H3. The summed E-state index contributed by atoms with van der Waals surface area (Å²) in [4.78, 5) is 2.81.